The van der Waals surface area contributed by atoms with Gasteiger partial charge in [0.1, 0.15) is 6.61 Å². The zero-order chi connectivity index (χ0) is 18.7. The number of para-hydroxylation sites is 1. The molecule has 1 aliphatic heterocycles. The van der Waals surface area contributed by atoms with Crippen molar-refractivity contribution in [3.05, 3.63) is 64.1 Å². The molecule has 2 aromatic rings. The Labute approximate surface area is 152 Å². The van der Waals surface area contributed by atoms with E-state index >= 15 is 0 Å². The standard InChI is InChI=1S/C18H13NO6S/c20-13-3-1-2-12(8-14-16(21)19-18(24)26-14)15(13)25-9-10-4-6-11(7-5-10)17(22)23/h1-8,20H,9H2,(H,22,23)(H,19,21,24)/b14-8-. The normalized spacial score (nSPS) is 15.2. The van der Waals surface area contributed by atoms with Gasteiger partial charge in [-0.15, -0.1) is 0 Å². The fourth-order valence-electron chi connectivity index (χ4n) is 2.27. The minimum absolute atomic E-state index is 0.0892. The van der Waals surface area contributed by atoms with Gasteiger partial charge in [-0.2, -0.15) is 0 Å². The van der Waals surface area contributed by atoms with E-state index in [-0.39, 0.29) is 28.6 Å². The molecule has 1 heterocycles. The Morgan fingerprint density at radius 2 is 1.88 bits per heavy atom. The number of carboxylic acid groups (broad SMARTS) is 1. The van der Waals surface area contributed by atoms with Gasteiger partial charge in [-0.25, -0.2) is 4.79 Å². The Morgan fingerprint density at radius 3 is 2.50 bits per heavy atom. The molecular formula is C18H13NO6S. The van der Waals surface area contributed by atoms with E-state index in [1.54, 1.807) is 24.3 Å². The summed E-state index contributed by atoms with van der Waals surface area (Å²) in [6.07, 6.45) is 1.47. The van der Waals surface area contributed by atoms with Gasteiger partial charge in [-0.3, -0.25) is 14.9 Å². The lowest BCUT2D eigenvalue weighted by Crippen LogP contribution is -2.17. The molecule has 0 aliphatic carbocycles. The molecule has 0 bridgehead atoms. The molecule has 0 aromatic heterocycles. The monoisotopic (exact) mass is 371 g/mol. The molecular weight excluding hydrogens is 358 g/mol. The van der Waals surface area contributed by atoms with Gasteiger partial charge in [0.05, 0.1) is 10.5 Å². The molecule has 1 aliphatic rings. The second-order valence-electron chi connectivity index (χ2n) is 5.34. The smallest absolute Gasteiger partial charge is 0.335 e. The third kappa shape index (κ3) is 3.86. The minimum Gasteiger partial charge on any atom is -0.504 e. The SMILES string of the molecule is O=C1NC(=O)/C(=C/c2cccc(O)c2OCc2ccc(C(=O)O)cc2)S1. The van der Waals surface area contributed by atoms with Crippen LogP contribution < -0.4 is 10.1 Å². The zero-order valence-corrected chi connectivity index (χ0v) is 14.1. The number of nitrogens with one attached hydrogen (secondary N) is 1. The second-order valence-corrected chi connectivity index (χ2v) is 6.35. The van der Waals surface area contributed by atoms with Crippen molar-refractivity contribution in [2.75, 3.05) is 0 Å². The fraction of sp³-hybridized carbons (Fsp3) is 0.0556. The topological polar surface area (TPSA) is 113 Å². The number of phenols is 1. The van der Waals surface area contributed by atoms with Gasteiger partial charge in [0.15, 0.2) is 11.5 Å². The van der Waals surface area contributed by atoms with Crippen LogP contribution in [-0.2, 0) is 11.4 Å². The molecule has 2 amide bonds. The van der Waals surface area contributed by atoms with Crippen LogP contribution in [0.1, 0.15) is 21.5 Å². The maximum Gasteiger partial charge on any atom is 0.335 e. The molecule has 1 fully saturated rings. The van der Waals surface area contributed by atoms with Crippen molar-refractivity contribution < 1.29 is 29.3 Å². The summed E-state index contributed by atoms with van der Waals surface area (Å²) in [5.41, 5.74) is 1.31. The number of hydrogen-bond donors (Lipinski definition) is 3. The number of carboxylic acids is 1. The quantitative estimate of drug-likeness (QED) is 0.693. The Hall–Kier alpha value is -3.26. The Bertz CT molecular complexity index is 920. The largest absolute Gasteiger partial charge is 0.504 e. The highest BCUT2D eigenvalue weighted by Crippen LogP contribution is 2.35. The van der Waals surface area contributed by atoms with Crippen LogP contribution in [0.2, 0.25) is 0 Å². The molecule has 7 nitrogen and oxygen atoms in total. The Kier molecular flexibility index (Phi) is 4.94. The predicted octanol–water partition coefficient (Wildman–Crippen LogP) is 2.99. The van der Waals surface area contributed by atoms with E-state index in [2.05, 4.69) is 5.32 Å². The van der Waals surface area contributed by atoms with E-state index in [0.29, 0.717) is 11.1 Å². The number of aromatic hydroxyl groups is 1. The summed E-state index contributed by atoms with van der Waals surface area (Å²) in [5, 5.41) is 20.7. The predicted molar refractivity (Wildman–Crippen MR) is 94.9 cm³/mol. The lowest BCUT2D eigenvalue weighted by Gasteiger charge is -2.11. The van der Waals surface area contributed by atoms with Crippen molar-refractivity contribution >= 4 is 35.0 Å². The highest BCUT2D eigenvalue weighted by atomic mass is 32.2. The van der Waals surface area contributed by atoms with Crippen LogP contribution in [0.5, 0.6) is 11.5 Å². The molecule has 2 aromatic carbocycles. The third-order valence-corrected chi connectivity index (χ3v) is 4.35. The van der Waals surface area contributed by atoms with Gasteiger partial charge >= 0.3 is 5.97 Å². The molecule has 132 valence electrons. The number of benzene rings is 2. The van der Waals surface area contributed by atoms with Crippen LogP contribution >= 0.6 is 11.8 Å². The van der Waals surface area contributed by atoms with Gasteiger partial charge in [0, 0.05) is 5.56 Å². The first kappa shape index (κ1) is 17.6. The minimum atomic E-state index is -1.02. The van der Waals surface area contributed by atoms with E-state index in [4.69, 9.17) is 9.84 Å². The van der Waals surface area contributed by atoms with Crippen LogP contribution in [0.25, 0.3) is 6.08 Å². The van der Waals surface area contributed by atoms with Crippen molar-refractivity contribution in [3.63, 3.8) is 0 Å². The number of carbonyl (C=O) groups excluding carboxylic acids is 2. The van der Waals surface area contributed by atoms with E-state index in [1.807, 2.05) is 0 Å². The number of hydrogen-bond acceptors (Lipinski definition) is 6. The van der Waals surface area contributed by atoms with Gasteiger partial charge in [0.25, 0.3) is 11.1 Å². The fourth-order valence-corrected chi connectivity index (χ4v) is 2.95. The number of ether oxygens (including phenoxy) is 1. The van der Waals surface area contributed by atoms with Crippen molar-refractivity contribution in [2.45, 2.75) is 6.61 Å². The average molecular weight is 371 g/mol. The summed E-state index contributed by atoms with van der Waals surface area (Å²) in [5.74, 6) is -1.47. The summed E-state index contributed by atoms with van der Waals surface area (Å²) in [7, 11) is 0. The molecule has 8 heteroatoms. The average Bonchev–Trinajstić information content (AvgIpc) is 2.92. The third-order valence-electron chi connectivity index (χ3n) is 3.54. The maximum atomic E-state index is 11.7. The Balaban J connectivity index is 1.81. The highest BCUT2D eigenvalue weighted by molar-refractivity contribution is 8.18. The lowest BCUT2D eigenvalue weighted by atomic mass is 10.1. The summed E-state index contributed by atoms with van der Waals surface area (Å²) < 4.78 is 5.66. The first-order valence-corrected chi connectivity index (χ1v) is 8.27. The van der Waals surface area contributed by atoms with Crippen LogP contribution in [0.15, 0.2) is 47.4 Å². The van der Waals surface area contributed by atoms with Crippen LogP contribution in [-0.4, -0.2) is 27.3 Å². The summed E-state index contributed by atoms with van der Waals surface area (Å²) in [4.78, 5) is 34.0. The van der Waals surface area contributed by atoms with Crippen molar-refractivity contribution in [3.8, 4) is 11.5 Å². The van der Waals surface area contributed by atoms with Crippen LogP contribution in [0.4, 0.5) is 4.79 Å². The number of carbonyl (C=O) groups is 3. The molecule has 0 radical (unpaired) electrons. The Morgan fingerprint density at radius 1 is 1.15 bits per heavy atom. The van der Waals surface area contributed by atoms with Crippen molar-refractivity contribution in [2.24, 2.45) is 0 Å². The molecule has 1 saturated heterocycles. The molecule has 26 heavy (non-hydrogen) atoms. The van der Waals surface area contributed by atoms with Gasteiger partial charge in [-0.05, 0) is 41.6 Å². The first-order valence-electron chi connectivity index (χ1n) is 7.46. The summed E-state index contributed by atoms with van der Waals surface area (Å²) in [6, 6.07) is 10.8. The van der Waals surface area contributed by atoms with Crippen LogP contribution in [0.3, 0.4) is 0 Å². The maximum absolute atomic E-state index is 11.7. The van der Waals surface area contributed by atoms with E-state index in [9.17, 15) is 19.5 Å². The summed E-state index contributed by atoms with van der Waals surface area (Å²) >= 11 is 0.771. The molecule has 0 unspecified atom stereocenters. The van der Waals surface area contributed by atoms with Gasteiger partial charge < -0.3 is 14.9 Å². The molecule has 0 spiro atoms. The zero-order valence-electron chi connectivity index (χ0n) is 13.3. The van der Waals surface area contributed by atoms with Gasteiger partial charge in [0.2, 0.25) is 0 Å². The van der Waals surface area contributed by atoms with Crippen LogP contribution in [0, 0.1) is 0 Å². The molecule has 3 N–H and O–H groups in total. The molecule has 0 saturated carbocycles. The summed E-state index contributed by atoms with van der Waals surface area (Å²) in [6.45, 7) is 0.0892. The van der Waals surface area contributed by atoms with E-state index < -0.39 is 17.1 Å². The highest BCUT2D eigenvalue weighted by Gasteiger charge is 2.25. The van der Waals surface area contributed by atoms with E-state index in [0.717, 1.165) is 11.8 Å². The number of thioether (sulfide) groups is 1. The number of amides is 2. The number of phenolic OH excluding ortho intramolecular Hbond substituents is 1. The number of aromatic carboxylic acids is 1. The lowest BCUT2D eigenvalue weighted by molar-refractivity contribution is -0.115. The number of rotatable bonds is 5. The second kappa shape index (κ2) is 7.32. The first-order chi connectivity index (χ1) is 12.4. The van der Waals surface area contributed by atoms with Gasteiger partial charge in [-0.1, -0.05) is 24.3 Å². The number of imide groups is 1. The van der Waals surface area contributed by atoms with E-state index in [1.165, 1.54) is 24.3 Å². The van der Waals surface area contributed by atoms with Crippen molar-refractivity contribution in [1.82, 2.24) is 5.32 Å². The molecule has 0 atom stereocenters. The molecule has 3 rings (SSSR count). The van der Waals surface area contributed by atoms with Crippen molar-refractivity contribution in [1.29, 1.82) is 0 Å².